The van der Waals surface area contributed by atoms with E-state index in [0.717, 1.165) is 27.3 Å². The van der Waals surface area contributed by atoms with Crippen LogP contribution in [0.3, 0.4) is 0 Å². The molecule has 110 valence electrons. The molecule has 3 rings (SSSR count). The van der Waals surface area contributed by atoms with Gasteiger partial charge in [0.1, 0.15) is 11.3 Å². The van der Waals surface area contributed by atoms with Gasteiger partial charge in [-0.3, -0.25) is 0 Å². The van der Waals surface area contributed by atoms with E-state index in [9.17, 15) is 0 Å². The van der Waals surface area contributed by atoms with Crippen molar-refractivity contribution in [2.45, 2.75) is 13.0 Å². The first-order valence-corrected chi connectivity index (χ1v) is 8.56. The zero-order valence-electron chi connectivity index (χ0n) is 11.3. The Bertz CT molecular complexity index is 771. The number of thiophene rings is 1. The minimum Gasteiger partial charge on any atom is -0.481 e. The summed E-state index contributed by atoms with van der Waals surface area (Å²) in [7, 11) is 1.62. The number of hydrogen-bond acceptors (Lipinski definition) is 4. The summed E-state index contributed by atoms with van der Waals surface area (Å²) in [4.78, 5) is 10.4. The molecule has 0 radical (unpaired) electrons. The van der Waals surface area contributed by atoms with Crippen LogP contribution in [0.2, 0.25) is 0 Å². The molecular weight excluding hydrogens is 374 g/mol. The van der Waals surface area contributed by atoms with Crippen molar-refractivity contribution >= 4 is 50.0 Å². The van der Waals surface area contributed by atoms with E-state index in [2.05, 4.69) is 36.5 Å². The van der Waals surface area contributed by atoms with Gasteiger partial charge >= 0.3 is 0 Å². The zero-order chi connectivity index (χ0) is 14.8. The Morgan fingerprint density at radius 2 is 2.14 bits per heavy atom. The maximum Gasteiger partial charge on any atom is 0.215 e. The van der Waals surface area contributed by atoms with E-state index in [0.29, 0.717) is 18.2 Å². The summed E-state index contributed by atoms with van der Waals surface area (Å²) in [6.07, 6.45) is 0.715. The molecule has 0 aliphatic rings. The fourth-order valence-corrected chi connectivity index (χ4v) is 3.82. The molecule has 3 aromatic rings. The predicted molar refractivity (Wildman–Crippen MR) is 89.6 cm³/mol. The monoisotopic (exact) mass is 385 g/mol. The van der Waals surface area contributed by atoms with Crippen molar-refractivity contribution < 1.29 is 4.74 Å². The smallest absolute Gasteiger partial charge is 0.215 e. The van der Waals surface area contributed by atoms with Crippen LogP contribution in [-0.2, 0) is 13.0 Å². The number of fused-ring (bicyclic) bond motifs is 1. The van der Waals surface area contributed by atoms with Gasteiger partial charge in [-0.1, -0.05) is 0 Å². The highest BCUT2D eigenvalue weighted by Gasteiger charge is 2.13. The number of rotatable bonds is 5. The van der Waals surface area contributed by atoms with Crippen LogP contribution in [-0.4, -0.2) is 27.5 Å². The van der Waals surface area contributed by atoms with Gasteiger partial charge in [-0.25, -0.2) is 4.98 Å². The van der Waals surface area contributed by atoms with Crippen LogP contribution < -0.4 is 4.74 Å². The number of nitrogens with zero attached hydrogens (tertiary/aromatic N) is 3. The first kappa shape index (κ1) is 14.8. The number of halogens is 2. The molecule has 3 heterocycles. The van der Waals surface area contributed by atoms with Gasteiger partial charge < -0.3 is 9.30 Å². The quantitative estimate of drug-likeness (QED) is 0.620. The third-order valence-electron chi connectivity index (χ3n) is 3.12. The van der Waals surface area contributed by atoms with Crippen molar-refractivity contribution in [3.8, 4) is 5.88 Å². The van der Waals surface area contributed by atoms with E-state index in [1.165, 1.54) is 4.88 Å². The summed E-state index contributed by atoms with van der Waals surface area (Å²) in [6, 6.07) is 7.91. The Balaban J connectivity index is 2.09. The molecule has 0 fully saturated rings. The second-order valence-electron chi connectivity index (χ2n) is 4.46. The van der Waals surface area contributed by atoms with E-state index in [1.54, 1.807) is 18.4 Å². The lowest BCUT2D eigenvalue weighted by molar-refractivity contribution is 0.399. The maximum atomic E-state index is 5.90. The number of ether oxygens (including phenoxy) is 1. The zero-order valence-corrected chi connectivity index (χ0v) is 14.5. The number of hydrogen-bond donors (Lipinski definition) is 0. The largest absolute Gasteiger partial charge is 0.481 e. The molecule has 0 spiro atoms. The Kier molecular flexibility index (Phi) is 4.47. The Morgan fingerprint density at radius 1 is 1.29 bits per heavy atom. The highest BCUT2D eigenvalue weighted by molar-refractivity contribution is 9.11. The number of methoxy groups -OCH3 is 1. The van der Waals surface area contributed by atoms with Gasteiger partial charge in [0.2, 0.25) is 5.88 Å². The molecule has 0 N–H and O–H groups in total. The normalized spacial score (nSPS) is 11.2. The Labute approximate surface area is 139 Å². The standard InChI is InChI=1S/C14H13BrClN3OS/c1-20-13-5-3-10-14(18-13)19(12(17-10)6-7-16)8-9-2-4-11(15)21-9/h2-5H,6-8H2,1H3. The van der Waals surface area contributed by atoms with Crippen molar-refractivity contribution in [3.05, 3.63) is 38.8 Å². The number of imidazole rings is 1. The Hall–Kier alpha value is -1.11. The number of aromatic nitrogens is 3. The van der Waals surface area contributed by atoms with E-state index in [4.69, 9.17) is 16.3 Å². The predicted octanol–water partition coefficient (Wildman–Crippen LogP) is 4.09. The van der Waals surface area contributed by atoms with Crippen LogP contribution in [0.4, 0.5) is 0 Å². The first-order valence-electron chi connectivity index (χ1n) is 6.41. The molecule has 0 aliphatic heterocycles. The van der Waals surface area contributed by atoms with Gasteiger partial charge in [0.25, 0.3) is 0 Å². The lowest BCUT2D eigenvalue weighted by atomic mass is 10.4. The molecule has 0 saturated carbocycles. The molecule has 0 bridgehead atoms. The number of pyridine rings is 1. The van der Waals surface area contributed by atoms with Gasteiger partial charge in [0, 0.05) is 23.2 Å². The Morgan fingerprint density at radius 3 is 2.81 bits per heavy atom. The summed E-state index contributed by atoms with van der Waals surface area (Å²) in [5.41, 5.74) is 1.70. The molecule has 0 unspecified atom stereocenters. The maximum absolute atomic E-state index is 5.90. The number of aryl methyl sites for hydroxylation is 1. The number of alkyl halides is 1. The third-order valence-corrected chi connectivity index (χ3v) is 4.91. The van der Waals surface area contributed by atoms with E-state index in [-0.39, 0.29) is 0 Å². The summed E-state index contributed by atoms with van der Waals surface area (Å²) in [5.74, 6) is 2.08. The highest BCUT2D eigenvalue weighted by Crippen LogP contribution is 2.25. The van der Waals surface area contributed by atoms with Gasteiger partial charge in [-0.15, -0.1) is 22.9 Å². The molecule has 7 heteroatoms. The summed E-state index contributed by atoms with van der Waals surface area (Å²) < 4.78 is 8.44. The molecule has 3 aromatic heterocycles. The van der Waals surface area contributed by atoms with E-state index >= 15 is 0 Å². The highest BCUT2D eigenvalue weighted by atomic mass is 79.9. The minimum absolute atomic E-state index is 0.536. The van der Waals surface area contributed by atoms with Crippen LogP contribution in [0.25, 0.3) is 11.2 Å². The van der Waals surface area contributed by atoms with Crippen molar-refractivity contribution in [2.24, 2.45) is 0 Å². The van der Waals surface area contributed by atoms with Crippen LogP contribution >= 0.6 is 38.9 Å². The fraction of sp³-hybridized carbons (Fsp3) is 0.286. The molecule has 0 saturated heterocycles. The average Bonchev–Trinajstić information content (AvgIpc) is 3.04. The molecule has 4 nitrogen and oxygen atoms in total. The average molecular weight is 387 g/mol. The molecule has 0 atom stereocenters. The lowest BCUT2D eigenvalue weighted by Crippen LogP contribution is -2.06. The molecule has 0 aliphatic carbocycles. The van der Waals surface area contributed by atoms with Crippen LogP contribution in [0.5, 0.6) is 5.88 Å². The topological polar surface area (TPSA) is 39.9 Å². The van der Waals surface area contributed by atoms with Crippen molar-refractivity contribution in [3.63, 3.8) is 0 Å². The van der Waals surface area contributed by atoms with E-state index in [1.807, 2.05) is 18.2 Å². The van der Waals surface area contributed by atoms with Crippen molar-refractivity contribution in [1.82, 2.24) is 14.5 Å². The van der Waals surface area contributed by atoms with Crippen LogP contribution in [0.15, 0.2) is 28.1 Å². The fourth-order valence-electron chi connectivity index (χ4n) is 2.18. The van der Waals surface area contributed by atoms with Crippen LogP contribution in [0, 0.1) is 0 Å². The second-order valence-corrected chi connectivity index (χ2v) is 7.38. The van der Waals surface area contributed by atoms with Gasteiger partial charge in [0.15, 0.2) is 5.65 Å². The van der Waals surface area contributed by atoms with E-state index < -0.39 is 0 Å². The summed E-state index contributed by atoms with van der Waals surface area (Å²) in [5, 5.41) is 0. The second kappa shape index (κ2) is 6.34. The molecule has 0 aromatic carbocycles. The van der Waals surface area contributed by atoms with Gasteiger partial charge in [0.05, 0.1) is 17.4 Å². The molecular formula is C14H13BrClN3OS. The van der Waals surface area contributed by atoms with Crippen LogP contribution in [0.1, 0.15) is 10.7 Å². The molecule has 0 amide bonds. The lowest BCUT2D eigenvalue weighted by Gasteiger charge is -2.07. The first-order chi connectivity index (χ1) is 10.2. The summed E-state index contributed by atoms with van der Waals surface area (Å²) in [6.45, 7) is 0.735. The third kappa shape index (κ3) is 3.07. The SMILES string of the molecule is COc1ccc2nc(CCCl)n(Cc3ccc(Br)s3)c2n1. The van der Waals surface area contributed by atoms with Crippen molar-refractivity contribution in [2.75, 3.05) is 13.0 Å². The van der Waals surface area contributed by atoms with Crippen molar-refractivity contribution in [1.29, 1.82) is 0 Å². The summed E-state index contributed by atoms with van der Waals surface area (Å²) >= 11 is 11.1. The van der Waals surface area contributed by atoms with Gasteiger partial charge in [-0.05, 0) is 34.1 Å². The van der Waals surface area contributed by atoms with Gasteiger partial charge in [-0.2, -0.15) is 4.98 Å². The molecule has 21 heavy (non-hydrogen) atoms. The minimum atomic E-state index is 0.536.